The highest BCUT2D eigenvalue weighted by Crippen LogP contribution is 2.29. The summed E-state index contributed by atoms with van der Waals surface area (Å²) in [4.78, 5) is 26.4. The third-order valence-electron chi connectivity index (χ3n) is 5.70. The van der Waals surface area contributed by atoms with Crippen molar-refractivity contribution < 1.29 is 9.59 Å². The lowest BCUT2D eigenvalue weighted by atomic mass is 10.0. The molecule has 1 aliphatic carbocycles. The first-order valence-corrected chi connectivity index (χ1v) is 9.97. The van der Waals surface area contributed by atoms with Gasteiger partial charge in [0.1, 0.15) is 0 Å². The van der Waals surface area contributed by atoms with Crippen LogP contribution < -0.4 is 5.32 Å². The fourth-order valence-electron chi connectivity index (χ4n) is 3.80. The van der Waals surface area contributed by atoms with Crippen LogP contribution in [0.2, 0.25) is 0 Å². The molecule has 0 unspecified atom stereocenters. The maximum atomic E-state index is 12.6. The Bertz CT molecular complexity index is 736. The third-order valence-corrected chi connectivity index (χ3v) is 5.70. The first-order chi connectivity index (χ1) is 13.0. The Morgan fingerprint density at radius 2 is 1.93 bits per heavy atom. The average molecular weight is 371 g/mol. The summed E-state index contributed by atoms with van der Waals surface area (Å²) >= 11 is 0. The summed E-state index contributed by atoms with van der Waals surface area (Å²) in [6, 6.07) is 2.36. The first-order valence-electron chi connectivity index (χ1n) is 9.97. The van der Waals surface area contributed by atoms with E-state index in [1.807, 2.05) is 23.4 Å². The molecule has 1 saturated carbocycles. The second-order valence-electron chi connectivity index (χ2n) is 7.72. The molecule has 0 spiro atoms. The molecule has 1 aromatic heterocycles. The average Bonchev–Trinajstić information content (AvgIpc) is 3.47. The number of rotatable bonds is 7. The van der Waals surface area contributed by atoms with E-state index in [0.717, 1.165) is 42.6 Å². The molecule has 0 radical (unpaired) electrons. The number of likely N-dealkylation sites (tertiary alicyclic amines) is 1. The number of amides is 2. The monoisotopic (exact) mass is 371 g/mol. The molecule has 2 amide bonds. The standard InChI is InChI=1S/C20H29N5O2/c1-14-18(15(2)25(23-14)11-3-10-21)6-7-19(26)24-12-8-17(9-13-24)22-20(27)16-4-5-16/h16-17H,3-9,11-13H2,1-2H3,(H,22,27). The van der Waals surface area contributed by atoms with Gasteiger partial charge in [-0.3, -0.25) is 14.3 Å². The summed E-state index contributed by atoms with van der Waals surface area (Å²) < 4.78 is 1.87. The molecular formula is C20H29N5O2. The zero-order valence-corrected chi connectivity index (χ0v) is 16.3. The molecule has 0 aromatic carbocycles. The number of piperidine rings is 1. The van der Waals surface area contributed by atoms with E-state index in [1.54, 1.807) is 0 Å². The van der Waals surface area contributed by atoms with E-state index in [2.05, 4.69) is 16.5 Å². The van der Waals surface area contributed by atoms with Crippen molar-refractivity contribution >= 4 is 11.8 Å². The number of aromatic nitrogens is 2. The van der Waals surface area contributed by atoms with Crippen molar-refractivity contribution in [2.75, 3.05) is 13.1 Å². The lowest BCUT2D eigenvalue weighted by Gasteiger charge is -2.32. The Morgan fingerprint density at radius 1 is 1.22 bits per heavy atom. The van der Waals surface area contributed by atoms with Crippen molar-refractivity contribution in [1.29, 1.82) is 5.26 Å². The van der Waals surface area contributed by atoms with E-state index < -0.39 is 0 Å². The SMILES string of the molecule is Cc1nn(CCC#N)c(C)c1CCC(=O)N1CCC(NC(=O)C2CC2)CC1. The molecule has 3 rings (SSSR count). The molecule has 0 bridgehead atoms. The molecule has 2 fully saturated rings. The van der Waals surface area contributed by atoms with Crippen LogP contribution in [-0.4, -0.2) is 45.6 Å². The zero-order chi connectivity index (χ0) is 19.4. The van der Waals surface area contributed by atoms with E-state index in [4.69, 9.17) is 5.26 Å². The van der Waals surface area contributed by atoms with Crippen molar-refractivity contribution in [2.24, 2.45) is 5.92 Å². The second-order valence-corrected chi connectivity index (χ2v) is 7.72. The Balaban J connectivity index is 1.45. The maximum Gasteiger partial charge on any atom is 0.223 e. The maximum absolute atomic E-state index is 12.6. The van der Waals surface area contributed by atoms with Crippen LogP contribution >= 0.6 is 0 Å². The summed E-state index contributed by atoms with van der Waals surface area (Å²) in [5, 5.41) is 16.4. The number of hydrogen-bond acceptors (Lipinski definition) is 4. The lowest BCUT2D eigenvalue weighted by molar-refractivity contribution is -0.132. The number of nitrogens with one attached hydrogen (secondary N) is 1. The second kappa shape index (κ2) is 8.55. The topological polar surface area (TPSA) is 91.0 Å². The minimum Gasteiger partial charge on any atom is -0.353 e. The molecule has 146 valence electrons. The summed E-state index contributed by atoms with van der Waals surface area (Å²) in [5.74, 6) is 0.606. The number of carbonyl (C=O) groups is 2. The quantitative estimate of drug-likeness (QED) is 0.792. The third kappa shape index (κ3) is 4.88. The normalized spacial score (nSPS) is 17.6. The molecule has 2 heterocycles. The van der Waals surface area contributed by atoms with Gasteiger partial charge in [0.25, 0.3) is 0 Å². The van der Waals surface area contributed by atoms with Crippen LogP contribution in [0.5, 0.6) is 0 Å². The van der Waals surface area contributed by atoms with Crippen LogP contribution in [0.25, 0.3) is 0 Å². The lowest BCUT2D eigenvalue weighted by Crippen LogP contribution is -2.47. The van der Waals surface area contributed by atoms with E-state index in [1.165, 1.54) is 0 Å². The molecule has 7 nitrogen and oxygen atoms in total. The van der Waals surface area contributed by atoms with Crippen LogP contribution in [-0.2, 0) is 22.6 Å². The molecular weight excluding hydrogens is 342 g/mol. The van der Waals surface area contributed by atoms with Crippen molar-refractivity contribution in [1.82, 2.24) is 20.0 Å². The van der Waals surface area contributed by atoms with E-state index in [0.29, 0.717) is 38.9 Å². The fourth-order valence-corrected chi connectivity index (χ4v) is 3.80. The van der Waals surface area contributed by atoms with Gasteiger partial charge in [-0.15, -0.1) is 0 Å². The number of aryl methyl sites for hydroxylation is 2. The molecule has 1 N–H and O–H groups in total. The molecule has 1 aromatic rings. The van der Waals surface area contributed by atoms with Crippen LogP contribution in [0, 0.1) is 31.1 Å². The highest BCUT2D eigenvalue weighted by molar-refractivity contribution is 5.81. The van der Waals surface area contributed by atoms with E-state index in [-0.39, 0.29) is 23.8 Å². The summed E-state index contributed by atoms with van der Waals surface area (Å²) in [7, 11) is 0. The van der Waals surface area contributed by atoms with Gasteiger partial charge in [-0.2, -0.15) is 10.4 Å². The molecule has 27 heavy (non-hydrogen) atoms. The molecule has 2 aliphatic rings. The predicted octanol–water partition coefficient (Wildman–Crippen LogP) is 1.86. The first kappa shape index (κ1) is 19.4. The Kier molecular flexibility index (Phi) is 6.15. The van der Waals surface area contributed by atoms with Gasteiger partial charge in [0.15, 0.2) is 0 Å². The zero-order valence-electron chi connectivity index (χ0n) is 16.3. The van der Waals surface area contributed by atoms with Crippen molar-refractivity contribution in [3.8, 4) is 6.07 Å². The van der Waals surface area contributed by atoms with Gasteiger partial charge >= 0.3 is 0 Å². The van der Waals surface area contributed by atoms with Crippen molar-refractivity contribution in [3.05, 3.63) is 17.0 Å². The fraction of sp³-hybridized carbons (Fsp3) is 0.700. The number of carbonyl (C=O) groups excluding carboxylic acids is 2. The van der Waals surface area contributed by atoms with Gasteiger partial charge in [0, 0.05) is 37.2 Å². The van der Waals surface area contributed by atoms with E-state index in [9.17, 15) is 9.59 Å². The molecule has 1 saturated heterocycles. The summed E-state index contributed by atoms with van der Waals surface area (Å²) in [5.41, 5.74) is 3.12. The van der Waals surface area contributed by atoms with Gasteiger partial charge in [0.2, 0.25) is 11.8 Å². The Hall–Kier alpha value is -2.36. The predicted molar refractivity (Wildman–Crippen MR) is 101 cm³/mol. The Labute approximate surface area is 160 Å². The minimum absolute atomic E-state index is 0.172. The van der Waals surface area contributed by atoms with Crippen LogP contribution in [0.3, 0.4) is 0 Å². The summed E-state index contributed by atoms with van der Waals surface area (Å²) in [6.07, 6.45) is 5.32. The molecule has 1 aliphatic heterocycles. The molecule has 7 heteroatoms. The van der Waals surface area contributed by atoms with Gasteiger partial charge < -0.3 is 10.2 Å². The van der Waals surface area contributed by atoms with Gasteiger partial charge in [-0.05, 0) is 51.5 Å². The van der Waals surface area contributed by atoms with Gasteiger partial charge in [-0.1, -0.05) is 0 Å². The smallest absolute Gasteiger partial charge is 0.223 e. The van der Waals surface area contributed by atoms with Crippen molar-refractivity contribution in [3.63, 3.8) is 0 Å². The van der Waals surface area contributed by atoms with Crippen LogP contribution in [0.4, 0.5) is 0 Å². The van der Waals surface area contributed by atoms with Crippen molar-refractivity contribution in [2.45, 2.75) is 71.4 Å². The van der Waals surface area contributed by atoms with Gasteiger partial charge in [0.05, 0.1) is 24.7 Å². The summed E-state index contributed by atoms with van der Waals surface area (Å²) in [6.45, 7) is 5.99. The molecule has 0 atom stereocenters. The van der Waals surface area contributed by atoms with Gasteiger partial charge in [-0.25, -0.2) is 0 Å². The number of nitriles is 1. The highest BCUT2D eigenvalue weighted by Gasteiger charge is 2.32. The van der Waals surface area contributed by atoms with Crippen LogP contribution in [0.15, 0.2) is 0 Å². The number of hydrogen-bond donors (Lipinski definition) is 1. The Morgan fingerprint density at radius 3 is 2.56 bits per heavy atom. The van der Waals surface area contributed by atoms with E-state index >= 15 is 0 Å². The largest absolute Gasteiger partial charge is 0.353 e. The minimum atomic E-state index is 0.172. The number of nitrogens with zero attached hydrogens (tertiary/aromatic N) is 4. The van der Waals surface area contributed by atoms with Crippen LogP contribution in [0.1, 0.15) is 55.5 Å². The highest BCUT2D eigenvalue weighted by atomic mass is 16.2.